The molecule has 0 amide bonds. The van der Waals surface area contributed by atoms with Gasteiger partial charge in [-0.25, -0.2) is 0 Å². The fourth-order valence-electron chi connectivity index (χ4n) is 1.12. The van der Waals surface area contributed by atoms with E-state index in [1.165, 1.54) is 0 Å². The summed E-state index contributed by atoms with van der Waals surface area (Å²) in [4.78, 5) is 10.3. The van der Waals surface area contributed by atoms with Crippen LogP contribution in [0.25, 0.3) is 0 Å². The van der Waals surface area contributed by atoms with Crippen LogP contribution in [0.2, 0.25) is 0 Å². The molecule has 0 aliphatic heterocycles. The Morgan fingerprint density at radius 3 is 2.25 bits per heavy atom. The fraction of sp³-hybridized carbons (Fsp3) is 0.875. The normalized spacial score (nSPS) is 14.3. The highest BCUT2D eigenvalue weighted by molar-refractivity contribution is 5.65. The van der Waals surface area contributed by atoms with E-state index in [9.17, 15) is 9.90 Å². The predicted molar refractivity (Wildman–Crippen MR) is 45.4 cm³/mol. The standard InChI is InChI=1S/C8H18N2O2/c1-9-7(5-8(11)12)6-10(2,3)4/h7,9H,5-6H2,1-4H3/t7-/m1/s1. The zero-order valence-corrected chi connectivity index (χ0v) is 8.26. The van der Waals surface area contributed by atoms with Gasteiger partial charge in [-0.3, -0.25) is 0 Å². The molecule has 0 saturated carbocycles. The molecular weight excluding hydrogens is 156 g/mol. The van der Waals surface area contributed by atoms with Crippen LogP contribution in [0.15, 0.2) is 0 Å². The summed E-state index contributed by atoms with van der Waals surface area (Å²) in [6.45, 7) is 0.782. The highest BCUT2D eigenvalue weighted by Crippen LogP contribution is 1.97. The molecule has 0 spiro atoms. The number of quaternary nitrogens is 1. The second-order valence-electron chi connectivity index (χ2n) is 4.03. The molecule has 0 saturated heterocycles. The quantitative estimate of drug-likeness (QED) is 0.512. The number of nitrogens with one attached hydrogen (secondary N) is 1. The van der Waals surface area contributed by atoms with Crippen molar-refractivity contribution < 1.29 is 14.4 Å². The van der Waals surface area contributed by atoms with Crippen LogP contribution in [0.4, 0.5) is 0 Å². The molecular formula is C8H18N2O2. The number of carbonyl (C=O) groups excluding carboxylic acids is 1. The molecule has 0 aromatic rings. The summed E-state index contributed by atoms with van der Waals surface area (Å²) in [5.74, 6) is -0.997. The first-order valence-electron chi connectivity index (χ1n) is 4.02. The van der Waals surface area contributed by atoms with Gasteiger partial charge in [0, 0.05) is 12.4 Å². The number of hydrogen-bond donors (Lipinski definition) is 1. The summed E-state index contributed by atoms with van der Waals surface area (Å²) < 4.78 is 0.749. The van der Waals surface area contributed by atoms with Crippen molar-refractivity contribution >= 4 is 5.97 Å². The van der Waals surface area contributed by atoms with Crippen LogP contribution < -0.4 is 10.4 Å². The van der Waals surface area contributed by atoms with Crippen molar-refractivity contribution in [2.75, 3.05) is 34.7 Å². The van der Waals surface area contributed by atoms with Gasteiger partial charge in [-0.15, -0.1) is 0 Å². The van der Waals surface area contributed by atoms with Crippen molar-refractivity contribution in [3.8, 4) is 0 Å². The maximum Gasteiger partial charge on any atom is 0.0940 e. The third-order valence-corrected chi connectivity index (χ3v) is 1.59. The van der Waals surface area contributed by atoms with Gasteiger partial charge in [-0.05, 0) is 7.05 Å². The second-order valence-corrected chi connectivity index (χ2v) is 4.03. The molecule has 4 heteroatoms. The molecule has 1 N–H and O–H groups in total. The Kier molecular flexibility index (Phi) is 4.20. The summed E-state index contributed by atoms with van der Waals surface area (Å²) in [6.07, 6.45) is 0.0754. The van der Waals surface area contributed by atoms with Gasteiger partial charge >= 0.3 is 0 Å². The van der Waals surface area contributed by atoms with Gasteiger partial charge in [-0.1, -0.05) is 0 Å². The Hall–Kier alpha value is -0.610. The summed E-state index contributed by atoms with van der Waals surface area (Å²) in [5, 5.41) is 13.2. The van der Waals surface area contributed by atoms with Gasteiger partial charge in [0.2, 0.25) is 0 Å². The molecule has 72 valence electrons. The lowest BCUT2D eigenvalue weighted by Gasteiger charge is -2.29. The molecule has 0 bridgehead atoms. The topological polar surface area (TPSA) is 52.2 Å². The summed E-state index contributed by atoms with van der Waals surface area (Å²) >= 11 is 0. The summed E-state index contributed by atoms with van der Waals surface area (Å²) in [5.41, 5.74) is 0. The van der Waals surface area contributed by atoms with Gasteiger partial charge in [0.15, 0.2) is 0 Å². The van der Waals surface area contributed by atoms with Crippen LogP contribution >= 0.6 is 0 Å². The average molecular weight is 174 g/mol. The monoisotopic (exact) mass is 174 g/mol. The first-order chi connectivity index (χ1) is 5.35. The highest BCUT2D eigenvalue weighted by Gasteiger charge is 2.15. The zero-order valence-electron chi connectivity index (χ0n) is 8.26. The van der Waals surface area contributed by atoms with E-state index < -0.39 is 5.97 Å². The van der Waals surface area contributed by atoms with Crippen LogP contribution in [0.1, 0.15) is 6.42 Å². The SMILES string of the molecule is CN[C@H](CC(=O)[O-])C[N+](C)(C)C. The van der Waals surface area contributed by atoms with Crippen LogP contribution in [0.5, 0.6) is 0 Å². The number of aliphatic carboxylic acids is 1. The molecule has 0 fully saturated rings. The summed E-state index contributed by atoms with van der Waals surface area (Å²) in [6, 6.07) is -0.00463. The van der Waals surface area contributed by atoms with Gasteiger partial charge in [0.25, 0.3) is 0 Å². The lowest BCUT2D eigenvalue weighted by Crippen LogP contribution is -2.48. The van der Waals surface area contributed by atoms with E-state index in [0.717, 1.165) is 11.0 Å². The third-order valence-electron chi connectivity index (χ3n) is 1.59. The average Bonchev–Trinajstić information content (AvgIpc) is 1.82. The minimum absolute atomic E-state index is 0.00463. The molecule has 0 aromatic heterocycles. The zero-order chi connectivity index (χ0) is 9.78. The number of rotatable bonds is 5. The first-order valence-corrected chi connectivity index (χ1v) is 4.02. The lowest BCUT2D eigenvalue weighted by molar-refractivity contribution is -0.871. The van der Waals surface area contributed by atoms with Crippen molar-refractivity contribution in [2.45, 2.75) is 12.5 Å². The van der Waals surface area contributed by atoms with E-state index in [4.69, 9.17) is 0 Å². The Morgan fingerprint density at radius 2 is 2.00 bits per heavy atom. The maximum atomic E-state index is 10.3. The van der Waals surface area contributed by atoms with Gasteiger partial charge < -0.3 is 19.7 Å². The molecule has 0 aromatic carbocycles. The molecule has 1 atom stereocenters. The van der Waals surface area contributed by atoms with E-state index in [2.05, 4.69) is 5.32 Å². The number of carbonyl (C=O) groups is 1. The van der Waals surface area contributed by atoms with Gasteiger partial charge in [0.05, 0.1) is 33.7 Å². The molecule has 4 nitrogen and oxygen atoms in total. The minimum atomic E-state index is -0.997. The molecule has 0 aliphatic carbocycles. The van der Waals surface area contributed by atoms with Gasteiger partial charge in [-0.2, -0.15) is 0 Å². The predicted octanol–water partition coefficient (Wildman–Crippen LogP) is -1.58. The maximum absolute atomic E-state index is 10.3. The van der Waals surface area contributed by atoms with Crippen molar-refractivity contribution in [3.05, 3.63) is 0 Å². The van der Waals surface area contributed by atoms with E-state index in [1.54, 1.807) is 7.05 Å². The minimum Gasteiger partial charge on any atom is -0.550 e. The van der Waals surface area contributed by atoms with Gasteiger partial charge in [0.1, 0.15) is 0 Å². The van der Waals surface area contributed by atoms with Crippen molar-refractivity contribution in [1.29, 1.82) is 0 Å². The van der Waals surface area contributed by atoms with E-state index in [1.807, 2.05) is 21.1 Å². The Balaban J connectivity index is 3.92. The van der Waals surface area contributed by atoms with E-state index in [-0.39, 0.29) is 12.5 Å². The van der Waals surface area contributed by atoms with Crippen LogP contribution in [-0.2, 0) is 4.79 Å². The molecule has 0 heterocycles. The molecule has 0 rings (SSSR count). The van der Waals surface area contributed by atoms with Crippen LogP contribution in [0.3, 0.4) is 0 Å². The second kappa shape index (κ2) is 4.42. The lowest BCUT2D eigenvalue weighted by atomic mass is 10.2. The number of likely N-dealkylation sites (N-methyl/N-ethyl adjacent to an activating group) is 2. The molecule has 0 unspecified atom stereocenters. The molecule has 0 aliphatic rings. The van der Waals surface area contributed by atoms with Crippen molar-refractivity contribution in [1.82, 2.24) is 5.32 Å². The van der Waals surface area contributed by atoms with E-state index in [0.29, 0.717) is 0 Å². The molecule has 0 radical (unpaired) electrons. The number of hydrogen-bond acceptors (Lipinski definition) is 3. The fourth-order valence-corrected chi connectivity index (χ4v) is 1.12. The Labute approximate surface area is 73.8 Å². The largest absolute Gasteiger partial charge is 0.550 e. The smallest absolute Gasteiger partial charge is 0.0940 e. The molecule has 12 heavy (non-hydrogen) atoms. The Morgan fingerprint density at radius 1 is 1.50 bits per heavy atom. The summed E-state index contributed by atoms with van der Waals surface area (Å²) in [7, 11) is 7.85. The van der Waals surface area contributed by atoms with Crippen molar-refractivity contribution in [3.63, 3.8) is 0 Å². The Bertz CT molecular complexity index is 152. The number of nitrogens with zero attached hydrogens (tertiary/aromatic N) is 1. The van der Waals surface area contributed by atoms with E-state index >= 15 is 0 Å². The first kappa shape index (κ1) is 11.4. The van der Waals surface area contributed by atoms with Crippen molar-refractivity contribution in [2.24, 2.45) is 0 Å². The third kappa shape index (κ3) is 6.12. The number of carboxylic acid groups (broad SMARTS) is 1. The van der Waals surface area contributed by atoms with Crippen LogP contribution in [-0.4, -0.2) is 51.2 Å². The highest BCUT2D eigenvalue weighted by atomic mass is 16.4. The van der Waals surface area contributed by atoms with Crippen LogP contribution in [0, 0.1) is 0 Å². The number of carboxylic acids is 1.